The van der Waals surface area contributed by atoms with E-state index in [1.165, 1.54) is 199 Å². The zero-order chi connectivity index (χ0) is 34.0. The fourth-order valence-electron chi connectivity index (χ4n) is 6.20. The minimum atomic E-state index is -0.153. The Morgan fingerprint density at radius 2 is 0.587 bits per heavy atom. The largest absolute Gasteiger partial charge is 0.370 e. The second-order valence-electron chi connectivity index (χ2n) is 14.3. The van der Waals surface area contributed by atoms with Gasteiger partial charge in [-0.1, -0.05) is 220 Å². The van der Waals surface area contributed by atoms with Gasteiger partial charge in [0, 0.05) is 19.4 Å². The number of nitrogens with one attached hydrogen (secondary N) is 1. The van der Waals surface area contributed by atoms with Crippen molar-refractivity contribution >= 4 is 11.8 Å². The van der Waals surface area contributed by atoms with Crippen LogP contribution in [0.5, 0.6) is 0 Å². The summed E-state index contributed by atoms with van der Waals surface area (Å²) in [4.78, 5) is 22.3. The van der Waals surface area contributed by atoms with Crippen LogP contribution in [0.15, 0.2) is 0 Å². The number of hydrogen-bond donors (Lipinski definition) is 2. The highest BCUT2D eigenvalue weighted by atomic mass is 16.1. The topological polar surface area (TPSA) is 72.2 Å². The number of carbonyl (C=O) groups excluding carboxylic acids is 2. The molecule has 0 spiro atoms. The molecule has 0 radical (unpaired) electrons. The van der Waals surface area contributed by atoms with Crippen LogP contribution in [0.25, 0.3) is 0 Å². The van der Waals surface area contributed by atoms with Crippen LogP contribution in [0, 0.1) is 0 Å². The Morgan fingerprint density at radius 3 is 0.870 bits per heavy atom. The Labute approximate surface area is 290 Å². The van der Waals surface area contributed by atoms with Gasteiger partial charge in [-0.3, -0.25) is 9.59 Å². The van der Waals surface area contributed by atoms with Crippen molar-refractivity contribution in [2.45, 2.75) is 252 Å². The van der Waals surface area contributed by atoms with Crippen molar-refractivity contribution in [1.82, 2.24) is 5.32 Å². The Bertz CT molecular complexity index is 580. The number of primary amides is 1. The third kappa shape index (κ3) is 47.3. The molecule has 0 aliphatic heterocycles. The van der Waals surface area contributed by atoms with E-state index in [-0.39, 0.29) is 11.8 Å². The van der Waals surface area contributed by atoms with E-state index in [0.717, 1.165) is 32.2 Å². The molecule has 0 aromatic carbocycles. The van der Waals surface area contributed by atoms with Gasteiger partial charge in [0.15, 0.2) is 0 Å². The molecule has 0 atom stereocenters. The lowest BCUT2D eigenvalue weighted by Crippen LogP contribution is -2.23. The lowest BCUT2D eigenvalue weighted by atomic mass is 10.0. The first kappa shape index (κ1) is 47.1. The Kier molecular flexibility index (Phi) is 45.0. The van der Waals surface area contributed by atoms with Crippen LogP contribution in [-0.2, 0) is 9.59 Å². The second-order valence-corrected chi connectivity index (χ2v) is 14.3. The van der Waals surface area contributed by atoms with E-state index in [1.807, 2.05) is 0 Å². The maximum atomic E-state index is 11.7. The molecule has 0 fully saturated rings. The smallest absolute Gasteiger partial charge is 0.219 e. The van der Waals surface area contributed by atoms with E-state index in [1.54, 1.807) is 0 Å². The molecule has 0 saturated heterocycles. The average Bonchev–Trinajstić information content (AvgIpc) is 3.04. The summed E-state index contributed by atoms with van der Waals surface area (Å²) in [5.41, 5.74) is 5.11. The number of nitrogens with two attached hydrogens (primary N) is 1. The summed E-state index contributed by atoms with van der Waals surface area (Å²) in [5.74, 6) is 0.107. The van der Waals surface area contributed by atoms with Gasteiger partial charge in [0.25, 0.3) is 0 Å². The minimum Gasteiger partial charge on any atom is -0.370 e. The number of rotatable bonds is 37. The summed E-state index contributed by atoms with van der Waals surface area (Å²) in [6.45, 7) is 7.65. The molecule has 0 heterocycles. The van der Waals surface area contributed by atoms with Gasteiger partial charge in [-0.15, -0.1) is 0 Å². The molecule has 0 aromatic rings. The predicted molar refractivity (Wildman–Crippen MR) is 205 cm³/mol. The van der Waals surface area contributed by atoms with Crippen LogP contribution in [-0.4, -0.2) is 18.4 Å². The fourth-order valence-corrected chi connectivity index (χ4v) is 6.20. The Morgan fingerprint density at radius 1 is 0.348 bits per heavy atom. The molecule has 0 aromatic heterocycles. The maximum absolute atomic E-state index is 11.7. The summed E-state index contributed by atoms with van der Waals surface area (Å²) in [6.07, 6.45) is 47.2. The van der Waals surface area contributed by atoms with Crippen LogP contribution >= 0.6 is 0 Å². The van der Waals surface area contributed by atoms with Gasteiger partial charge in [0.2, 0.25) is 11.8 Å². The van der Waals surface area contributed by atoms with Crippen LogP contribution in [0.4, 0.5) is 0 Å². The standard InChI is InChI=1S/C24H49NO.C18H37NO/c1-3-5-7-9-10-11-12-13-14-15-16-17-18-19-20-22-24(26)25-23-21-8-6-4-2;1-2-3-4-5-6-7-8-9-10-11-12-13-14-15-16-17-18(19)20/h3-23H2,1-2H3,(H,25,26);2-17H2,1H3,(H2,19,20). The molecule has 0 aliphatic carbocycles. The van der Waals surface area contributed by atoms with E-state index in [4.69, 9.17) is 5.73 Å². The highest BCUT2D eigenvalue weighted by Gasteiger charge is 2.01. The molecule has 4 heteroatoms. The molecule has 0 rings (SSSR count). The second kappa shape index (κ2) is 43.9. The Balaban J connectivity index is 0. The van der Waals surface area contributed by atoms with E-state index in [9.17, 15) is 9.59 Å². The molecule has 46 heavy (non-hydrogen) atoms. The van der Waals surface area contributed by atoms with Crippen molar-refractivity contribution < 1.29 is 9.59 Å². The van der Waals surface area contributed by atoms with Crippen molar-refractivity contribution in [3.05, 3.63) is 0 Å². The summed E-state index contributed by atoms with van der Waals surface area (Å²) < 4.78 is 0. The van der Waals surface area contributed by atoms with E-state index < -0.39 is 0 Å². The number of carbonyl (C=O) groups is 2. The van der Waals surface area contributed by atoms with Gasteiger partial charge >= 0.3 is 0 Å². The predicted octanol–water partition coefficient (Wildman–Crippen LogP) is 13.7. The van der Waals surface area contributed by atoms with Gasteiger partial charge in [0.05, 0.1) is 0 Å². The molecule has 0 saturated carbocycles. The van der Waals surface area contributed by atoms with Crippen molar-refractivity contribution in [3.8, 4) is 0 Å². The van der Waals surface area contributed by atoms with E-state index in [2.05, 4.69) is 26.1 Å². The molecule has 0 unspecified atom stereocenters. The molecule has 4 nitrogen and oxygen atoms in total. The minimum absolute atomic E-state index is 0.153. The lowest BCUT2D eigenvalue weighted by Gasteiger charge is -2.05. The van der Waals surface area contributed by atoms with Crippen LogP contribution in [0.1, 0.15) is 252 Å². The number of unbranched alkanes of at least 4 members (excludes halogenated alkanes) is 31. The van der Waals surface area contributed by atoms with Crippen LogP contribution in [0.2, 0.25) is 0 Å². The van der Waals surface area contributed by atoms with Crippen molar-refractivity contribution in [3.63, 3.8) is 0 Å². The van der Waals surface area contributed by atoms with E-state index >= 15 is 0 Å². The zero-order valence-corrected chi connectivity index (χ0v) is 32.1. The molecule has 2 amide bonds. The van der Waals surface area contributed by atoms with E-state index in [0.29, 0.717) is 6.42 Å². The van der Waals surface area contributed by atoms with Crippen LogP contribution < -0.4 is 11.1 Å². The maximum Gasteiger partial charge on any atom is 0.219 e. The third-order valence-corrected chi connectivity index (χ3v) is 9.39. The number of amides is 2. The first-order valence-corrected chi connectivity index (χ1v) is 21.1. The lowest BCUT2D eigenvalue weighted by molar-refractivity contribution is -0.121. The molecule has 0 bridgehead atoms. The van der Waals surface area contributed by atoms with Crippen molar-refractivity contribution in [2.75, 3.05) is 6.54 Å². The first-order valence-electron chi connectivity index (χ1n) is 21.1. The molecular weight excluding hydrogens is 564 g/mol. The van der Waals surface area contributed by atoms with Gasteiger partial charge in [-0.05, 0) is 19.3 Å². The van der Waals surface area contributed by atoms with Gasteiger partial charge in [-0.2, -0.15) is 0 Å². The first-order chi connectivity index (χ1) is 22.6. The SMILES string of the molecule is CCCCCCCCCCCCCCCCCC(=O)NCCCCCC.CCCCCCCCCCCCCCCCCC(N)=O. The fraction of sp³-hybridized carbons (Fsp3) is 0.952. The normalized spacial score (nSPS) is 10.9. The summed E-state index contributed by atoms with van der Waals surface area (Å²) in [5, 5.41) is 3.05. The zero-order valence-electron chi connectivity index (χ0n) is 32.1. The molecular formula is C42H86N2O2. The molecule has 0 aliphatic rings. The highest BCUT2D eigenvalue weighted by molar-refractivity contribution is 5.75. The van der Waals surface area contributed by atoms with Crippen LogP contribution in [0.3, 0.4) is 0 Å². The third-order valence-electron chi connectivity index (χ3n) is 9.39. The van der Waals surface area contributed by atoms with Gasteiger partial charge in [-0.25, -0.2) is 0 Å². The highest BCUT2D eigenvalue weighted by Crippen LogP contribution is 2.15. The average molecular weight is 651 g/mol. The summed E-state index contributed by atoms with van der Waals surface area (Å²) in [6, 6.07) is 0. The summed E-state index contributed by atoms with van der Waals surface area (Å²) in [7, 11) is 0. The summed E-state index contributed by atoms with van der Waals surface area (Å²) >= 11 is 0. The van der Waals surface area contributed by atoms with Crippen molar-refractivity contribution in [2.24, 2.45) is 5.73 Å². The Hall–Kier alpha value is -1.06. The van der Waals surface area contributed by atoms with Gasteiger partial charge < -0.3 is 11.1 Å². The molecule has 276 valence electrons. The molecule has 3 N–H and O–H groups in total. The quantitative estimate of drug-likeness (QED) is 0.0657. The van der Waals surface area contributed by atoms with Crippen molar-refractivity contribution in [1.29, 1.82) is 0 Å². The van der Waals surface area contributed by atoms with Gasteiger partial charge in [0.1, 0.15) is 0 Å². The number of hydrogen-bond acceptors (Lipinski definition) is 2. The monoisotopic (exact) mass is 651 g/mol.